The van der Waals surface area contributed by atoms with Crippen molar-refractivity contribution < 1.29 is 14.1 Å². The Kier molecular flexibility index (Phi) is 5.30. The molecule has 140 valence electrons. The van der Waals surface area contributed by atoms with E-state index < -0.39 is 5.41 Å². The van der Waals surface area contributed by atoms with Crippen LogP contribution in [-0.4, -0.2) is 54.0 Å². The SMILES string of the molecule is CN(CCCN(C)C(=O)CC1(C#N)CC1)C(=O)Cc1cc(C2CC2)on1. The Morgan fingerprint density at radius 3 is 2.50 bits per heavy atom. The minimum absolute atomic E-state index is 0.00367. The summed E-state index contributed by atoms with van der Waals surface area (Å²) in [6, 6.07) is 4.14. The van der Waals surface area contributed by atoms with E-state index in [-0.39, 0.29) is 18.2 Å². The Balaban J connectivity index is 1.36. The number of aromatic nitrogens is 1. The van der Waals surface area contributed by atoms with Crippen molar-refractivity contribution in [2.24, 2.45) is 5.41 Å². The van der Waals surface area contributed by atoms with E-state index in [2.05, 4.69) is 11.2 Å². The fraction of sp³-hybridized carbons (Fsp3) is 0.684. The van der Waals surface area contributed by atoms with Crippen LogP contribution in [0.4, 0.5) is 0 Å². The van der Waals surface area contributed by atoms with Crippen LogP contribution in [0.2, 0.25) is 0 Å². The molecule has 26 heavy (non-hydrogen) atoms. The molecule has 0 unspecified atom stereocenters. The Morgan fingerprint density at radius 1 is 1.27 bits per heavy atom. The van der Waals surface area contributed by atoms with Crippen LogP contribution in [0.1, 0.15) is 55.9 Å². The highest BCUT2D eigenvalue weighted by atomic mass is 16.5. The molecule has 2 amide bonds. The first-order chi connectivity index (χ1) is 12.4. The molecule has 1 heterocycles. The summed E-state index contributed by atoms with van der Waals surface area (Å²) in [6.07, 6.45) is 5.19. The first-order valence-corrected chi connectivity index (χ1v) is 9.27. The molecule has 0 atom stereocenters. The lowest BCUT2D eigenvalue weighted by Crippen LogP contribution is -2.34. The molecule has 0 radical (unpaired) electrons. The average molecular weight is 358 g/mol. The van der Waals surface area contributed by atoms with Gasteiger partial charge in [0.05, 0.1) is 23.6 Å². The van der Waals surface area contributed by atoms with E-state index in [1.807, 2.05) is 6.07 Å². The number of rotatable bonds is 9. The van der Waals surface area contributed by atoms with Crippen LogP contribution in [0.25, 0.3) is 0 Å². The van der Waals surface area contributed by atoms with E-state index in [4.69, 9.17) is 9.78 Å². The van der Waals surface area contributed by atoms with Crippen molar-refractivity contribution in [3.63, 3.8) is 0 Å². The molecule has 1 aromatic rings. The summed E-state index contributed by atoms with van der Waals surface area (Å²) in [4.78, 5) is 27.8. The Morgan fingerprint density at radius 2 is 1.92 bits per heavy atom. The summed E-state index contributed by atoms with van der Waals surface area (Å²) >= 11 is 0. The molecule has 7 nitrogen and oxygen atoms in total. The molecule has 0 spiro atoms. The van der Waals surface area contributed by atoms with Crippen molar-refractivity contribution in [2.75, 3.05) is 27.2 Å². The fourth-order valence-corrected chi connectivity index (χ4v) is 2.96. The Bertz CT molecular complexity index is 713. The molecule has 7 heteroatoms. The van der Waals surface area contributed by atoms with Crippen LogP contribution in [0.15, 0.2) is 10.6 Å². The summed E-state index contributed by atoms with van der Waals surface area (Å²) < 4.78 is 5.27. The van der Waals surface area contributed by atoms with Gasteiger partial charge in [-0.2, -0.15) is 5.26 Å². The molecule has 0 bridgehead atoms. The van der Waals surface area contributed by atoms with Gasteiger partial charge in [0.15, 0.2) is 0 Å². The maximum atomic E-state index is 12.3. The smallest absolute Gasteiger partial charge is 0.228 e. The topological polar surface area (TPSA) is 90.4 Å². The number of hydrogen-bond acceptors (Lipinski definition) is 5. The third kappa shape index (κ3) is 4.63. The van der Waals surface area contributed by atoms with Crippen LogP contribution < -0.4 is 0 Å². The number of hydrogen-bond donors (Lipinski definition) is 0. The molecule has 0 N–H and O–H groups in total. The van der Waals surface area contributed by atoms with Gasteiger partial charge in [0.1, 0.15) is 5.76 Å². The van der Waals surface area contributed by atoms with Gasteiger partial charge in [-0.1, -0.05) is 5.16 Å². The highest BCUT2D eigenvalue weighted by molar-refractivity contribution is 5.78. The van der Waals surface area contributed by atoms with E-state index >= 15 is 0 Å². The molecule has 0 aromatic carbocycles. The first-order valence-electron chi connectivity index (χ1n) is 9.27. The standard InChI is InChI=1S/C19H26N4O3/c1-22(17(24)11-15-10-16(26-21-15)14-4-5-14)8-3-9-23(2)18(25)12-19(13-20)6-7-19/h10,14H,3-9,11-12H2,1-2H3. The number of carbonyl (C=O) groups excluding carboxylic acids is 2. The molecule has 2 aliphatic rings. The van der Waals surface area contributed by atoms with Gasteiger partial charge in [0, 0.05) is 45.6 Å². The normalized spacial score (nSPS) is 17.4. The molecule has 2 aliphatic carbocycles. The van der Waals surface area contributed by atoms with Gasteiger partial charge in [-0.25, -0.2) is 0 Å². The fourth-order valence-electron chi connectivity index (χ4n) is 2.96. The zero-order valence-corrected chi connectivity index (χ0v) is 15.5. The largest absolute Gasteiger partial charge is 0.361 e. The van der Waals surface area contributed by atoms with Gasteiger partial charge in [0.25, 0.3) is 0 Å². The molecule has 0 saturated heterocycles. The molecule has 3 rings (SSSR count). The predicted octanol–water partition coefficient (Wildman–Crippen LogP) is 2.10. The summed E-state index contributed by atoms with van der Waals surface area (Å²) in [7, 11) is 3.52. The average Bonchev–Trinajstić information content (AvgIpc) is 3.55. The number of carbonyl (C=O) groups is 2. The number of nitrogens with zero attached hydrogens (tertiary/aromatic N) is 4. The van der Waals surface area contributed by atoms with E-state index in [9.17, 15) is 9.59 Å². The highest BCUT2D eigenvalue weighted by Crippen LogP contribution is 2.48. The lowest BCUT2D eigenvalue weighted by Gasteiger charge is -2.21. The van der Waals surface area contributed by atoms with Gasteiger partial charge in [-0.3, -0.25) is 9.59 Å². The maximum Gasteiger partial charge on any atom is 0.228 e. The second kappa shape index (κ2) is 7.48. The summed E-state index contributed by atoms with van der Waals surface area (Å²) in [5.74, 6) is 1.39. The Labute approximate surface area is 153 Å². The number of amides is 2. The van der Waals surface area contributed by atoms with Crippen LogP contribution in [0.5, 0.6) is 0 Å². The summed E-state index contributed by atoms with van der Waals surface area (Å²) in [5.41, 5.74) is 0.275. The third-order valence-electron chi connectivity index (χ3n) is 5.31. The van der Waals surface area contributed by atoms with E-state index in [0.29, 0.717) is 37.5 Å². The van der Waals surface area contributed by atoms with Crippen LogP contribution in [0.3, 0.4) is 0 Å². The first kappa shape index (κ1) is 18.4. The molecule has 0 aliphatic heterocycles. The lowest BCUT2D eigenvalue weighted by molar-refractivity contribution is -0.130. The zero-order valence-electron chi connectivity index (χ0n) is 15.5. The van der Waals surface area contributed by atoms with Crippen molar-refractivity contribution in [3.05, 3.63) is 17.5 Å². The monoisotopic (exact) mass is 358 g/mol. The van der Waals surface area contributed by atoms with Crippen molar-refractivity contribution in [1.29, 1.82) is 5.26 Å². The van der Waals surface area contributed by atoms with Crippen molar-refractivity contribution in [2.45, 2.75) is 50.9 Å². The summed E-state index contributed by atoms with van der Waals surface area (Å²) in [6.45, 7) is 1.15. The van der Waals surface area contributed by atoms with Crippen LogP contribution in [-0.2, 0) is 16.0 Å². The second-order valence-corrected chi connectivity index (χ2v) is 7.72. The maximum absolute atomic E-state index is 12.3. The van der Waals surface area contributed by atoms with Crippen molar-refractivity contribution in [1.82, 2.24) is 15.0 Å². The minimum atomic E-state index is -0.408. The van der Waals surface area contributed by atoms with E-state index in [0.717, 1.165) is 31.4 Å². The highest BCUT2D eigenvalue weighted by Gasteiger charge is 2.45. The van der Waals surface area contributed by atoms with Gasteiger partial charge < -0.3 is 14.3 Å². The van der Waals surface area contributed by atoms with Crippen molar-refractivity contribution >= 4 is 11.8 Å². The predicted molar refractivity (Wildman–Crippen MR) is 94.0 cm³/mol. The summed E-state index contributed by atoms with van der Waals surface area (Å²) in [5, 5.41) is 13.1. The Hall–Kier alpha value is -2.36. The molecule has 2 fully saturated rings. The van der Waals surface area contributed by atoms with Gasteiger partial charge in [-0.15, -0.1) is 0 Å². The second-order valence-electron chi connectivity index (χ2n) is 7.72. The van der Waals surface area contributed by atoms with E-state index in [1.165, 1.54) is 0 Å². The minimum Gasteiger partial charge on any atom is -0.361 e. The number of nitriles is 1. The number of likely N-dealkylation sites (N-methyl/N-ethyl adjacent to an activating group) is 1. The van der Waals surface area contributed by atoms with Gasteiger partial charge in [-0.05, 0) is 32.1 Å². The third-order valence-corrected chi connectivity index (χ3v) is 5.31. The lowest BCUT2D eigenvalue weighted by atomic mass is 10.0. The van der Waals surface area contributed by atoms with E-state index in [1.54, 1.807) is 23.9 Å². The van der Waals surface area contributed by atoms with Gasteiger partial charge >= 0.3 is 0 Å². The van der Waals surface area contributed by atoms with Crippen LogP contribution in [0, 0.1) is 16.7 Å². The van der Waals surface area contributed by atoms with Gasteiger partial charge in [0.2, 0.25) is 11.8 Å². The van der Waals surface area contributed by atoms with Crippen molar-refractivity contribution in [3.8, 4) is 6.07 Å². The van der Waals surface area contributed by atoms with Crippen LogP contribution >= 0.6 is 0 Å². The molecule has 1 aromatic heterocycles. The molecule has 2 saturated carbocycles. The quantitative estimate of drug-likeness (QED) is 0.674. The molecular weight excluding hydrogens is 332 g/mol. The molecular formula is C19H26N4O3. The zero-order chi connectivity index (χ0) is 18.7.